The standard InChI is InChI=1S/C34H30N2/c1-24-7-4-10-29(21-24)34(27-13-17-30(18-14-27)35-32-11-5-8-25(2)22-32)28-15-19-31(20-16-28)36-33-12-6-9-26(3)23-33/h4-23,35H,1-3H3. The molecule has 0 atom stereocenters. The number of nitrogens with one attached hydrogen (secondary N) is 1. The van der Waals surface area contributed by atoms with Crippen molar-refractivity contribution >= 4 is 28.3 Å². The van der Waals surface area contributed by atoms with Crippen molar-refractivity contribution in [2.75, 3.05) is 5.32 Å². The Morgan fingerprint density at radius 1 is 0.556 bits per heavy atom. The fourth-order valence-corrected chi connectivity index (χ4v) is 4.46. The Labute approximate surface area is 214 Å². The number of benzene rings is 4. The molecule has 1 aliphatic rings. The lowest BCUT2D eigenvalue weighted by molar-refractivity contribution is 1.42. The van der Waals surface area contributed by atoms with Gasteiger partial charge in [0.25, 0.3) is 0 Å². The van der Waals surface area contributed by atoms with Gasteiger partial charge in [-0.1, -0.05) is 78.4 Å². The first-order valence-electron chi connectivity index (χ1n) is 12.3. The molecule has 36 heavy (non-hydrogen) atoms. The summed E-state index contributed by atoms with van der Waals surface area (Å²) in [7, 11) is 0. The molecule has 1 aliphatic carbocycles. The van der Waals surface area contributed by atoms with Crippen LogP contribution in [0.2, 0.25) is 0 Å². The number of allylic oxidation sites excluding steroid dienone is 5. The number of hydrogen-bond acceptors (Lipinski definition) is 2. The van der Waals surface area contributed by atoms with Crippen molar-refractivity contribution in [1.82, 2.24) is 0 Å². The number of anilines is 2. The van der Waals surface area contributed by atoms with E-state index in [1.807, 2.05) is 12.1 Å². The van der Waals surface area contributed by atoms with E-state index in [0.29, 0.717) is 0 Å². The highest BCUT2D eigenvalue weighted by atomic mass is 14.9. The molecule has 1 N–H and O–H groups in total. The van der Waals surface area contributed by atoms with Crippen molar-refractivity contribution in [3.05, 3.63) is 155 Å². The molecule has 0 unspecified atom stereocenters. The smallest absolute Gasteiger partial charge is 0.0639 e. The lowest BCUT2D eigenvalue weighted by Gasteiger charge is -2.16. The minimum Gasteiger partial charge on any atom is -0.356 e. The van der Waals surface area contributed by atoms with Gasteiger partial charge in [0.05, 0.1) is 11.4 Å². The molecule has 4 aromatic carbocycles. The van der Waals surface area contributed by atoms with Crippen LogP contribution in [0, 0.1) is 20.8 Å². The third-order valence-electron chi connectivity index (χ3n) is 6.20. The average Bonchev–Trinajstić information content (AvgIpc) is 2.87. The van der Waals surface area contributed by atoms with Crippen LogP contribution in [-0.2, 0) is 0 Å². The van der Waals surface area contributed by atoms with Gasteiger partial charge in [-0.2, -0.15) is 0 Å². The first-order chi connectivity index (χ1) is 17.5. The summed E-state index contributed by atoms with van der Waals surface area (Å²) in [6.45, 7) is 6.34. The van der Waals surface area contributed by atoms with Gasteiger partial charge in [-0.15, -0.1) is 0 Å². The molecule has 0 heterocycles. The van der Waals surface area contributed by atoms with Crippen LogP contribution in [0.25, 0.3) is 5.57 Å². The van der Waals surface area contributed by atoms with Gasteiger partial charge < -0.3 is 5.32 Å². The first-order valence-corrected chi connectivity index (χ1v) is 12.3. The highest BCUT2D eigenvalue weighted by molar-refractivity contribution is 6.08. The maximum atomic E-state index is 4.80. The number of aryl methyl sites for hydroxylation is 3. The van der Waals surface area contributed by atoms with E-state index < -0.39 is 0 Å². The number of nitrogens with zero attached hydrogens (tertiary/aromatic N) is 1. The lowest BCUT2D eigenvalue weighted by Crippen LogP contribution is -1.98. The summed E-state index contributed by atoms with van der Waals surface area (Å²) >= 11 is 0. The maximum absolute atomic E-state index is 4.80. The molecule has 0 aromatic heterocycles. The van der Waals surface area contributed by atoms with E-state index >= 15 is 0 Å². The topological polar surface area (TPSA) is 24.4 Å². The van der Waals surface area contributed by atoms with E-state index in [4.69, 9.17) is 4.99 Å². The van der Waals surface area contributed by atoms with Crippen molar-refractivity contribution in [3.8, 4) is 0 Å². The van der Waals surface area contributed by atoms with Crippen LogP contribution < -0.4 is 5.32 Å². The molecule has 0 saturated carbocycles. The normalized spacial score (nSPS) is 12.5. The van der Waals surface area contributed by atoms with Crippen LogP contribution >= 0.6 is 0 Å². The summed E-state index contributed by atoms with van der Waals surface area (Å²) in [5.74, 6) is 0. The third kappa shape index (κ3) is 5.61. The monoisotopic (exact) mass is 466 g/mol. The lowest BCUT2D eigenvalue weighted by atomic mass is 9.90. The van der Waals surface area contributed by atoms with Crippen LogP contribution in [0.5, 0.6) is 0 Å². The van der Waals surface area contributed by atoms with Crippen molar-refractivity contribution in [3.63, 3.8) is 0 Å². The zero-order chi connectivity index (χ0) is 24.9. The fourth-order valence-electron chi connectivity index (χ4n) is 4.46. The quantitative estimate of drug-likeness (QED) is 0.312. The molecule has 4 aromatic rings. The summed E-state index contributed by atoms with van der Waals surface area (Å²) < 4.78 is 0. The zero-order valence-corrected chi connectivity index (χ0v) is 21.0. The van der Waals surface area contributed by atoms with Crippen molar-refractivity contribution in [2.24, 2.45) is 4.99 Å². The van der Waals surface area contributed by atoms with Gasteiger partial charge >= 0.3 is 0 Å². The van der Waals surface area contributed by atoms with Crippen LogP contribution in [0.1, 0.15) is 27.8 Å². The molecule has 0 saturated heterocycles. The van der Waals surface area contributed by atoms with Crippen LogP contribution in [0.3, 0.4) is 0 Å². The third-order valence-corrected chi connectivity index (χ3v) is 6.20. The first kappa shape index (κ1) is 23.3. The number of rotatable bonds is 5. The predicted octanol–water partition coefficient (Wildman–Crippen LogP) is 9.06. The van der Waals surface area contributed by atoms with Crippen LogP contribution in [0.4, 0.5) is 17.1 Å². The van der Waals surface area contributed by atoms with Gasteiger partial charge in [-0.3, -0.25) is 0 Å². The van der Waals surface area contributed by atoms with Crippen LogP contribution in [-0.4, -0.2) is 5.71 Å². The highest BCUT2D eigenvalue weighted by Gasteiger charge is 2.12. The largest absolute Gasteiger partial charge is 0.356 e. The van der Waals surface area contributed by atoms with Crippen molar-refractivity contribution < 1.29 is 0 Å². The summed E-state index contributed by atoms with van der Waals surface area (Å²) in [6, 6.07) is 34.1. The Bertz CT molecular complexity index is 1500. The Balaban J connectivity index is 1.49. The molecule has 0 aliphatic heterocycles. The second-order valence-electron chi connectivity index (χ2n) is 9.31. The molecule has 0 amide bonds. The molecule has 0 radical (unpaired) electrons. The van der Waals surface area contributed by atoms with Crippen LogP contribution in [0.15, 0.2) is 132 Å². The predicted molar refractivity (Wildman–Crippen MR) is 155 cm³/mol. The van der Waals surface area contributed by atoms with E-state index in [2.05, 4.69) is 135 Å². The highest BCUT2D eigenvalue weighted by Crippen LogP contribution is 2.31. The molecular weight excluding hydrogens is 436 g/mol. The summed E-state index contributed by atoms with van der Waals surface area (Å²) in [5.41, 5.74) is 12.6. The molecule has 5 rings (SSSR count). The maximum Gasteiger partial charge on any atom is 0.0639 e. The van der Waals surface area contributed by atoms with Gasteiger partial charge in [0.15, 0.2) is 0 Å². The molecule has 0 spiro atoms. The van der Waals surface area contributed by atoms with E-state index in [1.54, 1.807) is 0 Å². The molecule has 2 nitrogen and oxygen atoms in total. The Kier molecular flexibility index (Phi) is 6.77. The second kappa shape index (κ2) is 10.5. The van der Waals surface area contributed by atoms with E-state index in [9.17, 15) is 0 Å². The Hall–Kier alpha value is -4.43. The van der Waals surface area contributed by atoms with Gasteiger partial charge in [-0.25, -0.2) is 4.99 Å². The van der Waals surface area contributed by atoms with Crippen molar-refractivity contribution in [2.45, 2.75) is 20.8 Å². The SMILES string of the molecule is Cc1cccc(N=C2C=CC(=C(c3ccc(Nc4cccc(C)c4)cc3)c3cccc(C)c3)C=C2)c1. The minimum absolute atomic E-state index is 0.950. The molecule has 2 heteroatoms. The zero-order valence-electron chi connectivity index (χ0n) is 21.0. The summed E-state index contributed by atoms with van der Waals surface area (Å²) in [4.78, 5) is 4.80. The van der Waals surface area contributed by atoms with E-state index in [-0.39, 0.29) is 0 Å². The van der Waals surface area contributed by atoms with E-state index in [1.165, 1.54) is 39.0 Å². The summed E-state index contributed by atoms with van der Waals surface area (Å²) in [5, 5.41) is 3.51. The fraction of sp³-hybridized carbons (Fsp3) is 0.0882. The Morgan fingerprint density at radius 2 is 1.19 bits per heavy atom. The molecule has 0 fully saturated rings. The van der Waals surface area contributed by atoms with Gasteiger partial charge in [0.2, 0.25) is 0 Å². The number of hydrogen-bond donors (Lipinski definition) is 1. The van der Waals surface area contributed by atoms with E-state index in [0.717, 1.165) is 22.8 Å². The summed E-state index contributed by atoms with van der Waals surface area (Å²) in [6.07, 6.45) is 8.54. The Morgan fingerprint density at radius 3 is 1.86 bits per heavy atom. The minimum atomic E-state index is 0.950. The second-order valence-corrected chi connectivity index (χ2v) is 9.31. The van der Waals surface area contributed by atoms with Gasteiger partial charge in [0.1, 0.15) is 0 Å². The van der Waals surface area contributed by atoms with Crippen molar-refractivity contribution in [1.29, 1.82) is 0 Å². The molecular formula is C34H30N2. The molecule has 176 valence electrons. The average molecular weight is 467 g/mol. The number of aliphatic imine (C=N–C) groups is 1. The van der Waals surface area contributed by atoms with Gasteiger partial charge in [0, 0.05) is 11.4 Å². The molecule has 0 bridgehead atoms. The van der Waals surface area contributed by atoms with Gasteiger partial charge in [-0.05, 0) is 103 Å².